The van der Waals surface area contributed by atoms with Crippen molar-refractivity contribution in [2.24, 2.45) is 0 Å². The van der Waals surface area contributed by atoms with E-state index in [-0.39, 0.29) is 18.1 Å². The molecular formula is C25H18N2O4S. The molecular weight excluding hydrogens is 424 g/mol. The molecule has 158 valence electrons. The number of carbonyl (C=O) groups is 1. The monoisotopic (exact) mass is 442 g/mol. The second-order valence-electron chi connectivity index (χ2n) is 6.66. The van der Waals surface area contributed by atoms with Crippen molar-refractivity contribution in [2.45, 2.75) is 6.10 Å². The predicted octanol–water partition coefficient (Wildman–Crippen LogP) is 5.79. The summed E-state index contributed by atoms with van der Waals surface area (Å²) in [6, 6.07) is 18.5. The molecule has 6 nitrogen and oxygen atoms in total. The molecule has 0 spiro atoms. The predicted molar refractivity (Wildman–Crippen MR) is 121 cm³/mol. The minimum absolute atomic E-state index is 0.0407. The van der Waals surface area contributed by atoms with Crippen LogP contribution < -0.4 is 4.74 Å². The van der Waals surface area contributed by atoms with Crippen molar-refractivity contribution in [3.05, 3.63) is 96.3 Å². The van der Waals surface area contributed by atoms with Crippen LogP contribution in [0.3, 0.4) is 0 Å². The first kappa shape index (κ1) is 21.1. The van der Waals surface area contributed by atoms with Gasteiger partial charge in [0.05, 0.1) is 23.1 Å². The third-order valence-corrected chi connectivity index (χ3v) is 5.49. The number of furan rings is 1. The molecule has 0 amide bonds. The van der Waals surface area contributed by atoms with Gasteiger partial charge in [-0.25, -0.2) is 9.78 Å². The molecule has 0 aliphatic carbocycles. The number of hydrogen-bond acceptors (Lipinski definition) is 7. The number of benzene rings is 1. The Labute approximate surface area is 189 Å². The van der Waals surface area contributed by atoms with Crippen molar-refractivity contribution in [2.75, 3.05) is 6.61 Å². The minimum Gasteiger partial charge on any atom is -0.472 e. The number of aromatic nitrogens is 1. The normalized spacial score (nSPS) is 11.3. The van der Waals surface area contributed by atoms with Gasteiger partial charge in [-0.05, 0) is 23.6 Å². The number of pyridine rings is 1. The van der Waals surface area contributed by atoms with Crippen LogP contribution in [0.5, 0.6) is 5.88 Å². The van der Waals surface area contributed by atoms with E-state index in [1.807, 2.05) is 29.6 Å². The van der Waals surface area contributed by atoms with E-state index < -0.39 is 12.1 Å². The fourth-order valence-electron chi connectivity index (χ4n) is 3.12. The molecule has 1 aromatic carbocycles. The van der Waals surface area contributed by atoms with E-state index in [9.17, 15) is 10.1 Å². The molecule has 32 heavy (non-hydrogen) atoms. The van der Waals surface area contributed by atoms with Gasteiger partial charge in [-0.1, -0.05) is 49.1 Å². The second kappa shape index (κ2) is 9.77. The van der Waals surface area contributed by atoms with Crippen LogP contribution >= 0.6 is 11.3 Å². The van der Waals surface area contributed by atoms with Crippen LogP contribution in [0.25, 0.3) is 21.7 Å². The van der Waals surface area contributed by atoms with E-state index in [1.54, 1.807) is 36.6 Å². The zero-order valence-corrected chi connectivity index (χ0v) is 17.7. The number of nitriles is 1. The van der Waals surface area contributed by atoms with Gasteiger partial charge in [-0.15, -0.1) is 11.3 Å². The molecule has 3 aromatic heterocycles. The zero-order chi connectivity index (χ0) is 22.3. The van der Waals surface area contributed by atoms with Crippen LogP contribution in [0, 0.1) is 11.3 Å². The highest BCUT2D eigenvalue weighted by Gasteiger charge is 2.28. The first-order valence-corrected chi connectivity index (χ1v) is 10.6. The van der Waals surface area contributed by atoms with Crippen LogP contribution in [0.1, 0.15) is 17.2 Å². The number of ether oxygens (including phenoxy) is 2. The summed E-state index contributed by atoms with van der Waals surface area (Å²) in [7, 11) is 0. The molecule has 0 fully saturated rings. The fourth-order valence-corrected chi connectivity index (χ4v) is 3.81. The Balaban J connectivity index is 1.84. The van der Waals surface area contributed by atoms with Gasteiger partial charge >= 0.3 is 5.97 Å². The summed E-state index contributed by atoms with van der Waals surface area (Å²) in [5.41, 5.74) is 2.71. The molecule has 0 saturated carbocycles. The summed E-state index contributed by atoms with van der Waals surface area (Å²) in [4.78, 5) is 18.3. The molecule has 0 aliphatic heterocycles. The average molecular weight is 442 g/mol. The average Bonchev–Trinajstić information content (AvgIpc) is 3.55. The number of rotatable bonds is 8. The van der Waals surface area contributed by atoms with Gasteiger partial charge in [0, 0.05) is 16.7 Å². The Bertz CT molecular complexity index is 1240. The number of thiophene rings is 1. The third kappa shape index (κ3) is 4.46. The highest BCUT2D eigenvalue weighted by molar-refractivity contribution is 7.13. The van der Waals surface area contributed by atoms with Crippen molar-refractivity contribution < 1.29 is 18.7 Å². The minimum atomic E-state index is -1.11. The number of esters is 1. The summed E-state index contributed by atoms with van der Waals surface area (Å²) in [6.07, 6.45) is 3.45. The summed E-state index contributed by atoms with van der Waals surface area (Å²) in [5, 5.41) is 11.9. The number of hydrogen-bond donors (Lipinski definition) is 0. The lowest BCUT2D eigenvalue weighted by Crippen LogP contribution is -2.22. The highest BCUT2D eigenvalue weighted by atomic mass is 32.1. The second-order valence-corrected chi connectivity index (χ2v) is 7.61. The van der Waals surface area contributed by atoms with Gasteiger partial charge in [0.15, 0.2) is 0 Å². The van der Waals surface area contributed by atoms with Gasteiger partial charge in [0.25, 0.3) is 0 Å². The van der Waals surface area contributed by atoms with E-state index in [0.29, 0.717) is 22.4 Å². The Morgan fingerprint density at radius 1 is 1.25 bits per heavy atom. The third-order valence-electron chi connectivity index (χ3n) is 4.59. The lowest BCUT2D eigenvalue weighted by atomic mass is 10.0. The van der Waals surface area contributed by atoms with Crippen LogP contribution in [-0.2, 0) is 9.53 Å². The van der Waals surface area contributed by atoms with Gasteiger partial charge in [-0.3, -0.25) is 0 Å². The van der Waals surface area contributed by atoms with Crippen LogP contribution in [0.4, 0.5) is 0 Å². The Morgan fingerprint density at radius 2 is 2.09 bits per heavy atom. The van der Waals surface area contributed by atoms with Crippen molar-refractivity contribution in [3.63, 3.8) is 0 Å². The standard InChI is InChI=1S/C25H18N2O4S/c1-2-11-30-25(28)23(17-7-4-3-5-8-17)31-24-20(15-26)19(18-10-12-29-16-18)14-21(27-24)22-9-6-13-32-22/h2-10,12-14,16,23H,1,11H2. The van der Waals surface area contributed by atoms with Crippen molar-refractivity contribution in [1.82, 2.24) is 4.98 Å². The topological polar surface area (TPSA) is 85.3 Å². The lowest BCUT2D eigenvalue weighted by Gasteiger charge is -2.19. The first-order valence-electron chi connectivity index (χ1n) is 9.72. The smallest absolute Gasteiger partial charge is 0.352 e. The molecule has 0 N–H and O–H groups in total. The molecule has 7 heteroatoms. The molecule has 1 unspecified atom stereocenters. The van der Waals surface area contributed by atoms with Crippen LogP contribution in [0.15, 0.2) is 89.6 Å². The van der Waals surface area contributed by atoms with Gasteiger partial charge < -0.3 is 13.9 Å². The Kier molecular flexibility index (Phi) is 6.44. The van der Waals surface area contributed by atoms with Gasteiger partial charge in [0.2, 0.25) is 12.0 Å². The molecule has 0 bridgehead atoms. The maximum atomic E-state index is 12.8. The maximum absolute atomic E-state index is 12.8. The molecule has 4 aromatic rings. The number of carbonyl (C=O) groups excluding carboxylic acids is 1. The summed E-state index contributed by atoms with van der Waals surface area (Å²) in [5.74, 6) is -0.563. The largest absolute Gasteiger partial charge is 0.472 e. The Hall–Kier alpha value is -4.15. The molecule has 4 rings (SSSR count). The quantitative estimate of drug-likeness (QED) is 0.254. The van der Waals surface area contributed by atoms with Gasteiger partial charge in [0.1, 0.15) is 18.2 Å². The fraction of sp³-hybridized carbons (Fsp3) is 0.0800. The maximum Gasteiger partial charge on any atom is 0.352 e. The molecule has 0 radical (unpaired) electrons. The highest BCUT2D eigenvalue weighted by Crippen LogP contribution is 2.36. The van der Waals surface area contributed by atoms with E-state index in [4.69, 9.17) is 13.9 Å². The van der Waals surface area contributed by atoms with Crippen LogP contribution in [0.2, 0.25) is 0 Å². The summed E-state index contributed by atoms with van der Waals surface area (Å²) in [6.45, 7) is 3.62. The lowest BCUT2D eigenvalue weighted by molar-refractivity contribution is -0.151. The van der Waals surface area contributed by atoms with Crippen molar-refractivity contribution in [1.29, 1.82) is 5.26 Å². The van der Waals surface area contributed by atoms with Crippen molar-refractivity contribution >= 4 is 17.3 Å². The molecule has 3 heterocycles. The van der Waals surface area contributed by atoms with E-state index >= 15 is 0 Å². The van der Waals surface area contributed by atoms with E-state index in [2.05, 4.69) is 17.6 Å². The molecule has 1 atom stereocenters. The zero-order valence-electron chi connectivity index (χ0n) is 16.9. The van der Waals surface area contributed by atoms with Crippen LogP contribution in [-0.4, -0.2) is 17.6 Å². The van der Waals surface area contributed by atoms with Crippen molar-refractivity contribution in [3.8, 4) is 33.6 Å². The van der Waals surface area contributed by atoms with Gasteiger partial charge in [-0.2, -0.15) is 5.26 Å². The number of nitrogens with zero attached hydrogens (tertiary/aromatic N) is 2. The SMILES string of the molecule is C=CCOC(=O)C(Oc1nc(-c2cccs2)cc(-c2ccoc2)c1C#N)c1ccccc1. The first-order chi connectivity index (χ1) is 15.7. The summed E-state index contributed by atoms with van der Waals surface area (Å²) >= 11 is 1.51. The van der Waals surface area contributed by atoms with E-state index in [1.165, 1.54) is 23.7 Å². The molecule has 0 saturated heterocycles. The molecule has 0 aliphatic rings. The summed E-state index contributed by atoms with van der Waals surface area (Å²) < 4.78 is 16.6. The van der Waals surface area contributed by atoms with E-state index in [0.717, 1.165) is 4.88 Å². The Morgan fingerprint density at radius 3 is 2.75 bits per heavy atom.